The third-order valence-electron chi connectivity index (χ3n) is 2.10. The van der Waals surface area contributed by atoms with Crippen LogP contribution in [0, 0.1) is 5.82 Å². The number of rotatable bonds is 2. The van der Waals surface area contributed by atoms with Gasteiger partial charge in [-0.25, -0.2) is 4.39 Å². The molecule has 0 fully saturated rings. The molecule has 0 unspecified atom stereocenters. The summed E-state index contributed by atoms with van der Waals surface area (Å²) in [5.41, 5.74) is 0.436. The Morgan fingerprint density at radius 1 is 1.33 bits per heavy atom. The van der Waals surface area contributed by atoms with Crippen molar-refractivity contribution in [3.8, 4) is 5.75 Å². The van der Waals surface area contributed by atoms with E-state index < -0.39 is 11.7 Å². The Kier molecular flexibility index (Phi) is 4.04. The number of hydrogen-bond donors (Lipinski definition) is 2. The summed E-state index contributed by atoms with van der Waals surface area (Å²) < 4.78 is 14.9. The molecular formula is C11H6Br2FNO2S. The van der Waals surface area contributed by atoms with Crippen molar-refractivity contribution in [2.24, 2.45) is 0 Å². The lowest BCUT2D eigenvalue weighted by Crippen LogP contribution is -2.12. The van der Waals surface area contributed by atoms with Gasteiger partial charge in [-0.1, -0.05) is 0 Å². The van der Waals surface area contributed by atoms with E-state index >= 15 is 0 Å². The molecule has 0 atom stereocenters. The lowest BCUT2D eigenvalue weighted by Gasteiger charge is -2.05. The first kappa shape index (κ1) is 13.5. The molecule has 0 saturated carbocycles. The number of halogens is 3. The van der Waals surface area contributed by atoms with Gasteiger partial charge in [-0.2, -0.15) is 0 Å². The molecule has 1 heterocycles. The minimum atomic E-state index is -0.686. The first-order chi connectivity index (χ1) is 8.47. The molecule has 2 N–H and O–H groups in total. The zero-order valence-electron chi connectivity index (χ0n) is 8.71. The van der Waals surface area contributed by atoms with Crippen LogP contribution in [0.1, 0.15) is 10.4 Å². The van der Waals surface area contributed by atoms with E-state index in [4.69, 9.17) is 5.11 Å². The van der Waals surface area contributed by atoms with E-state index in [2.05, 4.69) is 37.2 Å². The van der Waals surface area contributed by atoms with Gasteiger partial charge in [-0.05, 0) is 50.1 Å². The summed E-state index contributed by atoms with van der Waals surface area (Å²) in [6, 6.07) is 5.19. The highest BCUT2D eigenvalue weighted by Gasteiger charge is 2.15. The SMILES string of the molecule is O=C(Nc1ccc(O)cc1F)c1cc(Br)sc1Br. The van der Waals surface area contributed by atoms with Gasteiger partial charge in [0, 0.05) is 6.07 Å². The number of hydrogen-bond acceptors (Lipinski definition) is 3. The molecule has 0 spiro atoms. The largest absolute Gasteiger partial charge is 0.508 e. The molecule has 2 rings (SSSR count). The van der Waals surface area contributed by atoms with Gasteiger partial charge in [-0.3, -0.25) is 4.79 Å². The molecule has 1 aromatic carbocycles. The van der Waals surface area contributed by atoms with E-state index in [-0.39, 0.29) is 11.4 Å². The van der Waals surface area contributed by atoms with Gasteiger partial charge in [0.1, 0.15) is 11.6 Å². The lowest BCUT2D eigenvalue weighted by atomic mass is 10.2. The van der Waals surface area contributed by atoms with Crippen LogP contribution in [0.5, 0.6) is 5.75 Å². The first-order valence-corrected chi connectivity index (χ1v) is 7.12. The Morgan fingerprint density at radius 2 is 2.06 bits per heavy atom. The molecule has 7 heteroatoms. The molecular weight excluding hydrogens is 389 g/mol. The summed E-state index contributed by atoms with van der Waals surface area (Å²) in [4.78, 5) is 11.9. The standard InChI is InChI=1S/C11H6Br2FNO2S/c12-9-4-6(10(13)18-9)11(17)15-8-2-1-5(16)3-7(8)14/h1-4,16H,(H,15,17). The van der Waals surface area contributed by atoms with Crippen molar-refractivity contribution in [1.29, 1.82) is 0 Å². The molecule has 0 saturated heterocycles. The summed E-state index contributed by atoms with van der Waals surface area (Å²) in [6.45, 7) is 0. The maximum atomic E-state index is 13.4. The van der Waals surface area contributed by atoms with Crippen molar-refractivity contribution >= 4 is 54.8 Å². The maximum Gasteiger partial charge on any atom is 0.257 e. The summed E-state index contributed by atoms with van der Waals surface area (Å²) in [5.74, 6) is -1.30. The number of anilines is 1. The van der Waals surface area contributed by atoms with Crippen molar-refractivity contribution < 1.29 is 14.3 Å². The molecule has 1 amide bonds. The van der Waals surface area contributed by atoms with Crippen LogP contribution in [0.15, 0.2) is 31.8 Å². The van der Waals surface area contributed by atoms with E-state index in [0.29, 0.717) is 9.35 Å². The minimum Gasteiger partial charge on any atom is -0.508 e. The van der Waals surface area contributed by atoms with E-state index in [1.807, 2.05) is 0 Å². The van der Waals surface area contributed by atoms with Gasteiger partial charge >= 0.3 is 0 Å². The van der Waals surface area contributed by atoms with Gasteiger partial charge in [0.05, 0.1) is 18.8 Å². The molecule has 0 bridgehead atoms. The van der Waals surface area contributed by atoms with E-state index in [1.165, 1.54) is 23.5 Å². The summed E-state index contributed by atoms with van der Waals surface area (Å²) in [5, 5.41) is 11.5. The molecule has 94 valence electrons. The zero-order chi connectivity index (χ0) is 13.3. The zero-order valence-corrected chi connectivity index (χ0v) is 12.7. The number of phenols is 1. The van der Waals surface area contributed by atoms with Crippen LogP contribution < -0.4 is 5.32 Å². The van der Waals surface area contributed by atoms with E-state index in [0.717, 1.165) is 9.85 Å². The number of phenolic OH excluding ortho intramolecular Hbond substituents is 1. The van der Waals surface area contributed by atoms with Gasteiger partial charge in [-0.15, -0.1) is 11.3 Å². The Hall–Kier alpha value is -0.920. The fourth-order valence-corrected chi connectivity index (χ4v) is 4.08. The molecule has 3 nitrogen and oxygen atoms in total. The second-order valence-corrected chi connectivity index (χ2v) is 7.11. The number of benzene rings is 1. The predicted molar refractivity (Wildman–Crippen MR) is 75.7 cm³/mol. The number of thiophene rings is 1. The highest BCUT2D eigenvalue weighted by atomic mass is 79.9. The monoisotopic (exact) mass is 393 g/mol. The Labute approximate surface area is 123 Å². The molecule has 0 radical (unpaired) electrons. The Balaban J connectivity index is 2.24. The number of amides is 1. The van der Waals surface area contributed by atoms with Crippen LogP contribution in [0.2, 0.25) is 0 Å². The average molecular weight is 395 g/mol. The summed E-state index contributed by atoms with van der Waals surface area (Å²) >= 11 is 7.87. The van der Waals surface area contributed by atoms with Crippen molar-refractivity contribution in [2.45, 2.75) is 0 Å². The van der Waals surface area contributed by atoms with Crippen molar-refractivity contribution in [3.05, 3.63) is 43.2 Å². The summed E-state index contributed by atoms with van der Waals surface area (Å²) in [7, 11) is 0. The highest BCUT2D eigenvalue weighted by molar-refractivity contribution is 9.12. The van der Waals surface area contributed by atoms with Crippen LogP contribution in [0.25, 0.3) is 0 Å². The molecule has 0 aliphatic rings. The van der Waals surface area contributed by atoms with Crippen molar-refractivity contribution in [1.82, 2.24) is 0 Å². The molecule has 18 heavy (non-hydrogen) atoms. The molecule has 0 aliphatic heterocycles. The van der Waals surface area contributed by atoms with Gasteiger partial charge in [0.25, 0.3) is 5.91 Å². The summed E-state index contributed by atoms with van der Waals surface area (Å²) in [6.07, 6.45) is 0. The number of nitrogens with one attached hydrogen (secondary N) is 1. The average Bonchev–Trinajstić information content (AvgIpc) is 2.62. The number of carbonyl (C=O) groups excluding carboxylic acids is 1. The van der Waals surface area contributed by atoms with Crippen LogP contribution in [0.4, 0.5) is 10.1 Å². The normalized spacial score (nSPS) is 10.4. The third kappa shape index (κ3) is 2.90. The lowest BCUT2D eigenvalue weighted by molar-refractivity contribution is 0.102. The quantitative estimate of drug-likeness (QED) is 0.743. The number of aromatic hydroxyl groups is 1. The smallest absolute Gasteiger partial charge is 0.257 e. The van der Waals surface area contributed by atoms with Crippen LogP contribution in [-0.2, 0) is 0 Å². The Bertz CT molecular complexity index is 615. The number of carbonyl (C=O) groups is 1. The highest BCUT2D eigenvalue weighted by Crippen LogP contribution is 2.32. The fraction of sp³-hybridized carbons (Fsp3) is 0. The fourth-order valence-electron chi connectivity index (χ4n) is 1.29. The maximum absolute atomic E-state index is 13.4. The second kappa shape index (κ2) is 5.38. The Morgan fingerprint density at radius 3 is 2.61 bits per heavy atom. The minimum absolute atomic E-state index is 0.0204. The topological polar surface area (TPSA) is 49.3 Å². The third-order valence-corrected chi connectivity index (χ3v) is 4.44. The van der Waals surface area contributed by atoms with Gasteiger partial charge in [0.15, 0.2) is 0 Å². The second-order valence-electron chi connectivity index (χ2n) is 3.36. The predicted octanol–water partition coefficient (Wildman–Crippen LogP) is 4.37. The molecule has 2 aromatic rings. The molecule has 1 aromatic heterocycles. The van der Waals surface area contributed by atoms with Crippen molar-refractivity contribution in [2.75, 3.05) is 5.32 Å². The van der Waals surface area contributed by atoms with E-state index in [9.17, 15) is 9.18 Å². The van der Waals surface area contributed by atoms with Gasteiger partial charge < -0.3 is 10.4 Å². The first-order valence-electron chi connectivity index (χ1n) is 4.72. The van der Waals surface area contributed by atoms with Gasteiger partial charge in [0.2, 0.25) is 0 Å². The van der Waals surface area contributed by atoms with Crippen LogP contribution >= 0.6 is 43.2 Å². The molecule has 0 aliphatic carbocycles. The van der Waals surface area contributed by atoms with Crippen molar-refractivity contribution in [3.63, 3.8) is 0 Å². The van der Waals surface area contributed by atoms with E-state index in [1.54, 1.807) is 6.07 Å². The van der Waals surface area contributed by atoms with Crippen LogP contribution in [-0.4, -0.2) is 11.0 Å². The van der Waals surface area contributed by atoms with Crippen LogP contribution in [0.3, 0.4) is 0 Å².